The number of aromatic amines is 1. The summed E-state index contributed by atoms with van der Waals surface area (Å²) in [6.07, 6.45) is -4.81. The molecule has 2 aromatic rings. The van der Waals surface area contributed by atoms with Crippen LogP contribution < -0.4 is 5.56 Å². The average molecular weight is 221 g/mol. The van der Waals surface area contributed by atoms with E-state index in [-0.39, 0.29) is 5.39 Å². The minimum absolute atomic E-state index is 0.250. The fourth-order valence-corrected chi connectivity index (χ4v) is 1.21. The lowest BCUT2D eigenvalue weighted by molar-refractivity contribution is -0.139. The van der Waals surface area contributed by atoms with E-state index >= 15 is 0 Å². The maximum atomic E-state index is 13.2. The molecule has 1 N–H and O–H groups in total. The van der Waals surface area contributed by atoms with Gasteiger partial charge in [-0.2, -0.15) is 18.3 Å². The lowest BCUT2D eigenvalue weighted by atomic mass is 10.1. The first-order valence-electron chi connectivity index (χ1n) is 3.78. The predicted molar refractivity (Wildman–Crippen MR) is 41.8 cm³/mol. The van der Waals surface area contributed by atoms with Gasteiger partial charge in [-0.3, -0.25) is 4.79 Å². The Morgan fingerprint density at radius 3 is 2.53 bits per heavy atom. The van der Waals surface area contributed by atoms with E-state index < -0.39 is 28.7 Å². The topological polar surface area (TPSA) is 46.0 Å². The first-order chi connectivity index (χ1) is 6.91. The Balaban J connectivity index is 2.82. The van der Waals surface area contributed by atoms with Crippen molar-refractivity contribution >= 4 is 11.0 Å². The van der Waals surface area contributed by atoms with Crippen LogP contribution in [0.4, 0.5) is 17.6 Å². The van der Waals surface area contributed by atoms with Crippen molar-refractivity contribution < 1.29 is 22.1 Å². The molecule has 1 aromatic heterocycles. The molecule has 1 heterocycles. The van der Waals surface area contributed by atoms with E-state index in [1.54, 1.807) is 5.16 Å². The zero-order chi connectivity index (χ0) is 11.2. The Kier molecular flexibility index (Phi) is 1.85. The molecule has 0 spiro atoms. The zero-order valence-electron chi connectivity index (χ0n) is 6.98. The molecule has 0 radical (unpaired) electrons. The minimum atomic E-state index is -4.81. The van der Waals surface area contributed by atoms with Crippen LogP contribution in [0.25, 0.3) is 11.0 Å². The number of H-pyrrole nitrogens is 1. The molecule has 0 amide bonds. The molecule has 0 saturated carbocycles. The molecule has 7 heteroatoms. The zero-order valence-corrected chi connectivity index (χ0v) is 6.98. The molecule has 80 valence electrons. The summed E-state index contributed by atoms with van der Waals surface area (Å²) < 4.78 is 54.1. The molecule has 15 heavy (non-hydrogen) atoms. The van der Waals surface area contributed by atoms with Crippen molar-refractivity contribution in [2.24, 2.45) is 0 Å². The van der Waals surface area contributed by atoms with Crippen molar-refractivity contribution in [3.63, 3.8) is 0 Å². The van der Waals surface area contributed by atoms with Gasteiger partial charge in [0.05, 0.1) is 10.9 Å². The molecule has 0 aliphatic rings. The number of aromatic nitrogens is 1. The number of rotatable bonds is 0. The highest BCUT2D eigenvalue weighted by Crippen LogP contribution is 2.33. The smallest absolute Gasteiger partial charge is 0.375 e. The van der Waals surface area contributed by atoms with E-state index in [2.05, 4.69) is 4.52 Å². The van der Waals surface area contributed by atoms with E-state index in [0.717, 1.165) is 6.07 Å². The minimum Gasteiger partial charge on any atom is -0.375 e. The largest absolute Gasteiger partial charge is 0.419 e. The molecule has 0 unspecified atom stereocenters. The van der Waals surface area contributed by atoms with Crippen LogP contribution in [0.3, 0.4) is 0 Å². The van der Waals surface area contributed by atoms with Crippen LogP contribution in [0.15, 0.2) is 21.5 Å². The highest BCUT2D eigenvalue weighted by Gasteiger charge is 2.35. The predicted octanol–water partition coefficient (Wildman–Crippen LogP) is 2.28. The summed E-state index contributed by atoms with van der Waals surface area (Å²) in [5, 5.41) is 1.51. The number of benzene rings is 1. The molecular weight excluding hydrogens is 218 g/mol. The molecule has 0 aliphatic heterocycles. The number of alkyl halides is 3. The van der Waals surface area contributed by atoms with Crippen molar-refractivity contribution in [3.8, 4) is 0 Å². The number of nitrogens with one attached hydrogen (secondary N) is 1. The number of hydrogen-bond acceptors (Lipinski definition) is 2. The second kappa shape index (κ2) is 2.85. The lowest BCUT2D eigenvalue weighted by Crippen LogP contribution is -2.08. The van der Waals surface area contributed by atoms with Crippen LogP contribution in [0.5, 0.6) is 0 Å². The van der Waals surface area contributed by atoms with E-state index in [4.69, 9.17) is 0 Å². The lowest BCUT2D eigenvalue weighted by Gasteiger charge is -2.06. The van der Waals surface area contributed by atoms with Gasteiger partial charge in [-0.1, -0.05) is 0 Å². The Morgan fingerprint density at radius 2 is 1.93 bits per heavy atom. The second-order valence-corrected chi connectivity index (χ2v) is 2.83. The summed E-state index contributed by atoms with van der Waals surface area (Å²) in [5.74, 6) is -1.58. The summed E-state index contributed by atoms with van der Waals surface area (Å²) in [4.78, 5) is 10.9. The Morgan fingerprint density at radius 1 is 1.27 bits per heavy atom. The molecular formula is C8H3F4NO2. The molecule has 0 saturated heterocycles. The maximum absolute atomic E-state index is 13.2. The second-order valence-electron chi connectivity index (χ2n) is 2.83. The van der Waals surface area contributed by atoms with Crippen LogP contribution in [0, 0.1) is 5.82 Å². The molecule has 0 bridgehead atoms. The van der Waals surface area contributed by atoms with Crippen molar-refractivity contribution in [1.29, 1.82) is 0 Å². The van der Waals surface area contributed by atoms with Gasteiger partial charge in [-0.25, -0.2) is 4.39 Å². The fourth-order valence-electron chi connectivity index (χ4n) is 1.21. The number of hydrogen-bond donors (Lipinski definition) is 1. The molecule has 0 aliphatic carbocycles. The average Bonchev–Trinajstić information content (AvgIpc) is 2.47. The van der Waals surface area contributed by atoms with Crippen LogP contribution in [0.1, 0.15) is 5.56 Å². The summed E-state index contributed by atoms with van der Waals surface area (Å²) >= 11 is 0. The number of fused-ring (bicyclic) bond motifs is 1. The van der Waals surface area contributed by atoms with E-state index in [1.807, 2.05) is 0 Å². The Labute approximate surface area is 79.3 Å². The van der Waals surface area contributed by atoms with Gasteiger partial charge < -0.3 is 4.52 Å². The molecule has 0 fully saturated rings. The first kappa shape index (κ1) is 9.75. The van der Waals surface area contributed by atoms with Gasteiger partial charge in [-0.15, -0.1) is 0 Å². The highest BCUT2D eigenvalue weighted by molar-refractivity contribution is 5.77. The van der Waals surface area contributed by atoms with Crippen LogP contribution >= 0.6 is 0 Å². The molecule has 3 nitrogen and oxygen atoms in total. The Hall–Kier alpha value is -1.79. The van der Waals surface area contributed by atoms with Crippen molar-refractivity contribution in [1.82, 2.24) is 5.16 Å². The van der Waals surface area contributed by atoms with E-state index in [1.165, 1.54) is 0 Å². The quantitative estimate of drug-likeness (QED) is 0.693. The standard InChI is InChI=1S/C8H3F4NO2/c9-5-4(8(10,11)12)2-1-3-6(5)15-13-7(3)14/h1-2H,(H,13,14). The van der Waals surface area contributed by atoms with E-state index in [9.17, 15) is 22.4 Å². The normalized spacial score (nSPS) is 12.3. The third-order valence-corrected chi connectivity index (χ3v) is 1.89. The van der Waals surface area contributed by atoms with E-state index in [0.29, 0.717) is 6.07 Å². The van der Waals surface area contributed by atoms with Crippen molar-refractivity contribution in [3.05, 3.63) is 33.9 Å². The third-order valence-electron chi connectivity index (χ3n) is 1.89. The van der Waals surface area contributed by atoms with Crippen molar-refractivity contribution in [2.45, 2.75) is 6.18 Å². The fraction of sp³-hybridized carbons (Fsp3) is 0.125. The summed E-state index contributed by atoms with van der Waals surface area (Å²) in [7, 11) is 0. The van der Waals surface area contributed by atoms with Crippen LogP contribution in [0.2, 0.25) is 0 Å². The molecule has 2 rings (SSSR count). The number of halogens is 4. The third kappa shape index (κ3) is 1.39. The Bertz CT molecular complexity index is 566. The van der Waals surface area contributed by atoms with Crippen LogP contribution in [-0.4, -0.2) is 5.16 Å². The maximum Gasteiger partial charge on any atom is 0.419 e. The van der Waals surface area contributed by atoms with Gasteiger partial charge >= 0.3 is 6.18 Å². The van der Waals surface area contributed by atoms with Crippen LogP contribution in [-0.2, 0) is 6.18 Å². The SMILES string of the molecule is O=c1[nH]oc2c(F)c(C(F)(F)F)ccc12. The molecule has 1 aromatic carbocycles. The van der Waals surface area contributed by atoms with Gasteiger partial charge in [0.25, 0.3) is 5.56 Å². The van der Waals surface area contributed by atoms with Gasteiger partial charge in [0.15, 0.2) is 5.82 Å². The van der Waals surface area contributed by atoms with Gasteiger partial charge in [0, 0.05) is 0 Å². The van der Waals surface area contributed by atoms with Crippen molar-refractivity contribution in [2.75, 3.05) is 0 Å². The first-order valence-corrected chi connectivity index (χ1v) is 3.78. The molecule has 0 atom stereocenters. The monoisotopic (exact) mass is 221 g/mol. The summed E-state index contributed by atoms with van der Waals surface area (Å²) in [6, 6.07) is 1.37. The summed E-state index contributed by atoms with van der Waals surface area (Å²) in [5.41, 5.74) is -2.94. The van der Waals surface area contributed by atoms with Gasteiger partial charge in [-0.05, 0) is 12.1 Å². The van der Waals surface area contributed by atoms with Gasteiger partial charge in [0.1, 0.15) is 0 Å². The summed E-state index contributed by atoms with van der Waals surface area (Å²) in [6.45, 7) is 0. The highest BCUT2D eigenvalue weighted by atomic mass is 19.4. The van der Waals surface area contributed by atoms with Gasteiger partial charge in [0.2, 0.25) is 5.58 Å².